The normalized spacial score (nSPS) is 19.1. The number of hydrogen-bond acceptors (Lipinski definition) is 4. The summed E-state index contributed by atoms with van der Waals surface area (Å²) in [5.41, 5.74) is 2.32. The number of methoxy groups -OCH3 is 1. The Morgan fingerprint density at radius 3 is 2.32 bits per heavy atom. The van der Waals surface area contributed by atoms with Crippen LogP contribution in [0.25, 0.3) is 0 Å². The number of carbonyl (C=O) groups excluding carboxylic acids is 1. The molecule has 0 aromatic heterocycles. The summed E-state index contributed by atoms with van der Waals surface area (Å²) in [6.45, 7) is 5.23. The van der Waals surface area contributed by atoms with Gasteiger partial charge in [-0.1, -0.05) is 42.5 Å². The fraction of sp³-hybridized carbons (Fsp3) is 0.435. The predicted octanol–water partition coefficient (Wildman–Crippen LogP) is 2.76. The first-order valence-corrected chi connectivity index (χ1v) is 10.0. The van der Waals surface area contributed by atoms with E-state index in [-0.39, 0.29) is 11.8 Å². The van der Waals surface area contributed by atoms with Crippen LogP contribution in [-0.4, -0.2) is 68.3 Å². The molecule has 2 saturated heterocycles. The Morgan fingerprint density at radius 1 is 1.04 bits per heavy atom. The number of likely N-dealkylation sites (tertiary alicyclic amines) is 1. The van der Waals surface area contributed by atoms with Crippen molar-refractivity contribution >= 4 is 5.91 Å². The molecule has 148 valence electrons. The molecule has 4 rings (SSSR count). The zero-order valence-corrected chi connectivity index (χ0v) is 16.4. The summed E-state index contributed by atoms with van der Waals surface area (Å²) in [4.78, 5) is 17.4. The van der Waals surface area contributed by atoms with E-state index in [4.69, 9.17) is 9.47 Å². The fourth-order valence-corrected chi connectivity index (χ4v) is 4.09. The molecule has 5 heteroatoms. The van der Waals surface area contributed by atoms with Crippen molar-refractivity contribution in [2.24, 2.45) is 0 Å². The van der Waals surface area contributed by atoms with Crippen LogP contribution >= 0.6 is 0 Å². The highest BCUT2D eigenvalue weighted by Gasteiger charge is 2.36. The zero-order chi connectivity index (χ0) is 19.3. The first kappa shape index (κ1) is 19.0. The lowest BCUT2D eigenvalue weighted by atomic mass is 9.87. The van der Waals surface area contributed by atoms with Gasteiger partial charge < -0.3 is 14.4 Å². The maximum atomic E-state index is 13.0. The van der Waals surface area contributed by atoms with Crippen LogP contribution in [0.5, 0.6) is 5.75 Å². The molecule has 0 saturated carbocycles. The third kappa shape index (κ3) is 4.21. The quantitative estimate of drug-likeness (QED) is 0.773. The van der Waals surface area contributed by atoms with Crippen molar-refractivity contribution < 1.29 is 14.3 Å². The van der Waals surface area contributed by atoms with Gasteiger partial charge >= 0.3 is 0 Å². The van der Waals surface area contributed by atoms with Crippen LogP contribution in [0.15, 0.2) is 54.6 Å². The molecule has 0 bridgehead atoms. The molecule has 5 nitrogen and oxygen atoms in total. The number of carbonyl (C=O) groups is 1. The van der Waals surface area contributed by atoms with Gasteiger partial charge in [0.15, 0.2) is 0 Å². The van der Waals surface area contributed by atoms with Gasteiger partial charge in [-0.15, -0.1) is 0 Å². The number of amides is 1. The van der Waals surface area contributed by atoms with E-state index in [1.807, 2.05) is 35.2 Å². The van der Waals surface area contributed by atoms with Gasteiger partial charge in [-0.2, -0.15) is 0 Å². The molecule has 2 aliphatic heterocycles. The number of morpholine rings is 1. The summed E-state index contributed by atoms with van der Waals surface area (Å²) in [6.07, 6.45) is 0.492. The van der Waals surface area contributed by atoms with Crippen molar-refractivity contribution in [2.45, 2.75) is 18.4 Å². The average molecular weight is 380 g/mol. The van der Waals surface area contributed by atoms with Gasteiger partial charge in [0.25, 0.3) is 0 Å². The van der Waals surface area contributed by atoms with Crippen molar-refractivity contribution in [3.05, 3.63) is 65.7 Å². The van der Waals surface area contributed by atoms with Gasteiger partial charge in [-0.05, 0) is 23.3 Å². The Morgan fingerprint density at radius 2 is 1.68 bits per heavy atom. The van der Waals surface area contributed by atoms with Gasteiger partial charge in [0.05, 0.1) is 20.3 Å². The summed E-state index contributed by atoms with van der Waals surface area (Å²) < 4.78 is 10.7. The number of hydrogen-bond donors (Lipinski definition) is 0. The molecule has 1 amide bonds. The van der Waals surface area contributed by atoms with E-state index in [0.717, 1.165) is 50.7 Å². The van der Waals surface area contributed by atoms with Crippen LogP contribution in [0.2, 0.25) is 0 Å². The molecule has 2 aliphatic rings. The second-order valence-electron chi connectivity index (χ2n) is 7.54. The summed E-state index contributed by atoms with van der Waals surface area (Å²) in [7, 11) is 1.67. The van der Waals surface area contributed by atoms with E-state index in [2.05, 4.69) is 29.2 Å². The molecule has 0 spiro atoms. The molecule has 1 atom stereocenters. The Bertz CT molecular complexity index is 766. The summed E-state index contributed by atoms with van der Waals surface area (Å²) >= 11 is 0. The molecule has 2 aromatic rings. The van der Waals surface area contributed by atoms with Crippen LogP contribution in [0.3, 0.4) is 0 Å². The van der Waals surface area contributed by atoms with Gasteiger partial charge in [-0.25, -0.2) is 0 Å². The fourth-order valence-electron chi connectivity index (χ4n) is 4.09. The first-order chi connectivity index (χ1) is 13.7. The molecule has 2 fully saturated rings. The lowest BCUT2D eigenvalue weighted by Gasteiger charge is -2.46. The SMILES string of the molecule is COc1ccc([C@H](CC(=O)N2CC(N3CCOCC3)C2)c2ccccc2)cc1. The predicted molar refractivity (Wildman–Crippen MR) is 109 cm³/mol. The van der Waals surface area contributed by atoms with Crippen molar-refractivity contribution in [1.82, 2.24) is 9.80 Å². The standard InChI is InChI=1S/C23H28N2O3/c1-27-21-9-7-19(8-10-21)22(18-5-3-2-4-6-18)15-23(26)25-16-20(17-25)24-11-13-28-14-12-24/h2-10,20,22H,11-17H2,1H3/t22-/m1/s1. The maximum absolute atomic E-state index is 13.0. The first-order valence-electron chi connectivity index (χ1n) is 10.0. The maximum Gasteiger partial charge on any atom is 0.223 e. The number of rotatable bonds is 6. The van der Waals surface area contributed by atoms with E-state index in [0.29, 0.717) is 12.5 Å². The largest absolute Gasteiger partial charge is 0.497 e. The third-order valence-corrected chi connectivity index (χ3v) is 5.88. The Hall–Kier alpha value is -2.37. The van der Waals surface area contributed by atoms with Crippen molar-refractivity contribution in [2.75, 3.05) is 46.5 Å². The van der Waals surface area contributed by atoms with Crippen LogP contribution in [0.4, 0.5) is 0 Å². The van der Waals surface area contributed by atoms with E-state index in [1.54, 1.807) is 7.11 Å². The average Bonchev–Trinajstić information content (AvgIpc) is 2.72. The van der Waals surface area contributed by atoms with Crippen molar-refractivity contribution in [1.29, 1.82) is 0 Å². The lowest BCUT2D eigenvalue weighted by molar-refractivity contribution is -0.140. The Kier molecular flexibility index (Phi) is 5.93. The Balaban J connectivity index is 1.43. The second-order valence-corrected chi connectivity index (χ2v) is 7.54. The third-order valence-electron chi connectivity index (χ3n) is 5.88. The molecule has 2 aromatic carbocycles. The van der Waals surface area contributed by atoms with Crippen molar-refractivity contribution in [3.8, 4) is 5.75 Å². The minimum Gasteiger partial charge on any atom is -0.497 e. The van der Waals surface area contributed by atoms with Gasteiger partial charge in [-0.3, -0.25) is 9.69 Å². The van der Waals surface area contributed by atoms with Crippen molar-refractivity contribution in [3.63, 3.8) is 0 Å². The summed E-state index contributed by atoms with van der Waals surface area (Å²) in [5.74, 6) is 1.12. The lowest BCUT2D eigenvalue weighted by Crippen LogP contribution is -2.62. The van der Waals surface area contributed by atoms with Crippen LogP contribution < -0.4 is 4.74 Å². The van der Waals surface area contributed by atoms with Gasteiger partial charge in [0.2, 0.25) is 5.91 Å². The van der Waals surface area contributed by atoms with Crippen LogP contribution in [-0.2, 0) is 9.53 Å². The number of benzene rings is 2. The molecule has 28 heavy (non-hydrogen) atoms. The smallest absolute Gasteiger partial charge is 0.223 e. The molecule has 0 radical (unpaired) electrons. The van der Waals surface area contributed by atoms with E-state index < -0.39 is 0 Å². The molecule has 0 aliphatic carbocycles. The highest BCUT2D eigenvalue weighted by atomic mass is 16.5. The van der Waals surface area contributed by atoms with E-state index in [9.17, 15) is 4.79 Å². The number of nitrogens with zero attached hydrogens (tertiary/aromatic N) is 2. The van der Waals surface area contributed by atoms with Crippen LogP contribution in [0.1, 0.15) is 23.5 Å². The van der Waals surface area contributed by atoms with E-state index in [1.165, 1.54) is 5.56 Å². The van der Waals surface area contributed by atoms with Crippen LogP contribution in [0, 0.1) is 0 Å². The molecule has 2 heterocycles. The highest BCUT2D eigenvalue weighted by Crippen LogP contribution is 2.31. The summed E-state index contributed by atoms with van der Waals surface area (Å²) in [5, 5.41) is 0. The Labute approximate surface area is 166 Å². The molecule has 0 N–H and O–H groups in total. The molecular weight excluding hydrogens is 352 g/mol. The zero-order valence-electron chi connectivity index (χ0n) is 16.4. The highest BCUT2D eigenvalue weighted by molar-refractivity contribution is 5.78. The van der Waals surface area contributed by atoms with Gasteiger partial charge in [0, 0.05) is 44.6 Å². The topological polar surface area (TPSA) is 42.0 Å². The minimum atomic E-state index is 0.0574. The van der Waals surface area contributed by atoms with E-state index >= 15 is 0 Å². The minimum absolute atomic E-state index is 0.0574. The summed E-state index contributed by atoms with van der Waals surface area (Å²) in [6, 6.07) is 18.9. The monoisotopic (exact) mass is 380 g/mol. The molecular formula is C23H28N2O3. The number of ether oxygens (including phenoxy) is 2. The van der Waals surface area contributed by atoms with Gasteiger partial charge in [0.1, 0.15) is 5.75 Å². The molecule has 0 unspecified atom stereocenters. The second kappa shape index (κ2) is 8.76.